The average Bonchev–Trinajstić information content (AvgIpc) is 3.47. The van der Waals surface area contributed by atoms with Gasteiger partial charge in [0.05, 0.1) is 41.1 Å². The van der Waals surface area contributed by atoms with Crippen LogP contribution in [0.4, 0.5) is 0 Å². The second-order valence-corrected chi connectivity index (χ2v) is 15.6. The van der Waals surface area contributed by atoms with Gasteiger partial charge in [-0.1, -0.05) is 42.0 Å². The van der Waals surface area contributed by atoms with E-state index in [0.717, 1.165) is 44.8 Å². The summed E-state index contributed by atoms with van der Waals surface area (Å²) >= 11 is 1.55. The molecule has 46 heavy (non-hydrogen) atoms. The Morgan fingerprint density at radius 1 is 0.978 bits per heavy atom. The highest BCUT2D eigenvalue weighted by Crippen LogP contribution is 2.51. The summed E-state index contributed by atoms with van der Waals surface area (Å²) in [6, 6.07) is 19.9. The van der Waals surface area contributed by atoms with Crippen LogP contribution in [-0.2, 0) is 43.5 Å². The van der Waals surface area contributed by atoms with Gasteiger partial charge in [-0.25, -0.2) is 4.98 Å². The molecule has 2 unspecified atom stereocenters. The van der Waals surface area contributed by atoms with E-state index in [1.54, 1.807) is 37.3 Å². The lowest BCUT2D eigenvalue weighted by Gasteiger charge is -2.27. The van der Waals surface area contributed by atoms with E-state index in [1.807, 2.05) is 49.4 Å². The van der Waals surface area contributed by atoms with Crippen LogP contribution in [0.15, 0.2) is 71.6 Å². The van der Waals surface area contributed by atoms with Gasteiger partial charge >= 0.3 is 7.60 Å². The number of aryl methyl sites for hydroxylation is 1. The molecule has 0 saturated carbocycles. The fraction of sp³-hybridized carbons (Fsp3) is 0.424. The van der Waals surface area contributed by atoms with Gasteiger partial charge in [-0.2, -0.15) is 8.42 Å². The molecule has 3 aromatic carbocycles. The molecule has 13 heteroatoms. The number of hydrogen-bond donors (Lipinski definition) is 0. The third-order valence-electron chi connectivity index (χ3n) is 7.22. The Labute approximate surface area is 274 Å². The van der Waals surface area contributed by atoms with Crippen molar-refractivity contribution in [2.24, 2.45) is 0 Å². The molecule has 2 heterocycles. The highest BCUT2D eigenvalue weighted by atomic mass is 32.2. The zero-order chi connectivity index (χ0) is 32.6. The van der Waals surface area contributed by atoms with Crippen molar-refractivity contribution >= 4 is 39.3 Å². The lowest BCUT2D eigenvalue weighted by molar-refractivity contribution is -0.198. The van der Waals surface area contributed by atoms with Gasteiger partial charge in [0.15, 0.2) is 6.29 Å². The molecule has 10 nitrogen and oxygen atoms in total. The van der Waals surface area contributed by atoms with E-state index in [0.29, 0.717) is 32.0 Å². The van der Waals surface area contributed by atoms with Crippen LogP contribution in [0.25, 0.3) is 20.8 Å². The summed E-state index contributed by atoms with van der Waals surface area (Å²) in [7, 11) is -7.17. The molecule has 4 aromatic rings. The number of benzene rings is 3. The first-order valence-electron chi connectivity index (χ1n) is 15.4. The summed E-state index contributed by atoms with van der Waals surface area (Å²) in [5, 5.41) is 0.835. The topological polar surface area (TPSA) is 119 Å². The Hall–Kier alpha value is -2.67. The molecule has 0 aliphatic carbocycles. The molecular weight excluding hydrogens is 649 g/mol. The standard InChI is InChI=1S/C33H40NO9PS2/c1-4-40-44(35,41-5-2)23-25-11-13-26(14-12-25)33-34-30-20-27(15-18-31(30)45-33)39-21-28(43-32-8-6-7-19-38-32)22-42-46(36,37)29-16-9-24(3)10-17-29/h9-18,20,28,32H,4-8,19,21-23H2,1-3H3. The predicted molar refractivity (Wildman–Crippen MR) is 178 cm³/mol. The molecule has 5 rings (SSSR count). The van der Waals surface area contributed by atoms with Crippen molar-refractivity contribution in [3.63, 3.8) is 0 Å². The summed E-state index contributed by atoms with van der Waals surface area (Å²) in [6.45, 7) is 6.54. The van der Waals surface area contributed by atoms with Crippen LogP contribution in [0.2, 0.25) is 0 Å². The summed E-state index contributed by atoms with van der Waals surface area (Å²) < 4.78 is 73.7. The van der Waals surface area contributed by atoms with Crippen molar-refractivity contribution in [3.8, 4) is 16.3 Å². The van der Waals surface area contributed by atoms with Crippen molar-refractivity contribution in [1.29, 1.82) is 0 Å². The van der Waals surface area contributed by atoms with Gasteiger partial charge in [0.25, 0.3) is 10.1 Å². The number of aromatic nitrogens is 1. The second kappa shape index (κ2) is 16.0. The van der Waals surface area contributed by atoms with Crippen molar-refractivity contribution in [2.45, 2.75) is 63.5 Å². The van der Waals surface area contributed by atoms with Gasteiger partial charge in [0.1, 0.15) is 23.5 Å². The fourth-order valence-electron chi connectivity index (χ4n) is 4.91. The number of thiazole rings is 1. The molecule has 0 spiro atoms. The molecule has 0 amide bonds. The third kappa shape index (κ3) is 9.45. The van der Waals surface area contributed by atoms with E-state index >= 15 is 0 Å². The lowest BCUT2D eigenvalue weighted by atomic mass is 10.2. The third-order valence-corrected chi connectivity index (χ3v) is 11.7. The SMILES string of the molecule is CCOP(=O)(Cc1ccc(-c2nc3cc(OCC(COS(=O)(=O)c4ccc(C)cc4)OC4CCCCO4)ccc3s2)cc1)OCC. The molecule has 248 valence electrons. The van der Waals surface area contributed by atoms with Crippen LogP contribution in [0, 0.1) is 6.92 Å². The molecule has 1 fully saturated rings. The molecule has 1 aliphatic heterocycles. The Kier molecular flexibility index (Phi) is 12.0. The average molecular weight is 690 g/mol. The first-order valence-corrected chi connectivity index (χ1v) is 19.4. The van der Waals surface area contributed by atoms with Gasteiger partial charge in [-0.3, -0.25) is 8.75 Å². The monoisotopic (exact) mass is 689 g/mol. The highest BCUT2D eigenvalue weighted by molar-refractivity contribution is 7.86. The Morgan fingerprint density at radius 2 is 1.72 bits per heavy atom. The molecule has 1 aromatic heterocycles. The van der Waals surface area contributed by atoms with E-state index in [4.69, 9.17) is 32.4 Å². The zero-order valence-corrected chi connectivity index (χ0v) is 28.8. The van der Waals surface area contributed by atoms with Crippen LogP contribution in [0.1, 0.15) is 44.2 Å². The van der Waals surface area contributed by atoms with Crippen molar-refractivity contribution in [2.75, 3.05) is 33.0 Å². The predicted octanol–water partition coefficient (Wildman–Crippen LogP) is 7.73. The molecular formula is C33H40NO9PS2. The zero-order valence-electron chi connectivity index (χ0n) is 26.3. The maximum Gasteiger partial charge on any atom is 0.335 e. The molecule has 0 N–H and O–H groups in total. The minimum absolute atomic E-state index is 0.0561. The Bertz CT molecular complexity index is 1710. The van der Waals surface area contributed by atoms with Crippen LogP contribution in [0.3, 0.4) is 0 Å². The summed E-state index contributed by atoms with van der Waals surface area (Å²) in [5.41, 5.74) is 3.51. The minimum Gasteiger partial charge on any atom is -0.491 e. The highest BCUT2D eigenvalue weighted by Gasteiger charge is 2.25. The van der Waals surface area contributed by atoms with Crippen molar-refractivity contribution in [1.82, 2.24) is 4.98 Å². The number of ether oxygens (including phenoxy) is 3. The first-order chi connectivity index (χ1) is 22.2. The van der Waals surface area contributed by atoms with Gasteiger partial charge in [-0.15, -0.1) is 11.3 Å². The van der Waals surface area contributed by atoms with Crippen LogP contribution in [0.5, 0.6) is 5.75 Å². The molecule has 0 bridgehead atoms. The summed E-state index contributed by atoms with van der Waals surface area (Å²) in [5.74, 6) is 0.571. The van der Waals surface area contributed by atoms with Gasteiger partial charge < -0.3 is 23.3 Å². The first kappa shape index (κ1) is 34.7. The van der Waals surface area contributed by atoms with E-state index < -0.39 is 30.1 Å². The minimum atomic E-state index is -3.98. The lowest BCUT2D eigenvalue weighted by Crippen LogP contribution is -2.35. The molecule has 1 aliphatic rings. The maximum atomic E-state index is 12.9. The molecule has 0 radical (unpaired) electrons. The summed E-state index contributed by atoms with van der Waals surface area (Å²) in [6.07, 6.45) is 1.71. The van der Waals surface area contributed by atoms with Crippen molar-refractivity contribution < 1.29 is 40.4 Å². The number of hydrogen-bond acceptors (Lipinski definition) is 11. The second-order valence-electron chi connectivity index (χ2n) is 10.9. The number of fused-ring (bicyclic) bond motifs is 1. The summed E-state index contributed by atoms with van der Waals surface area (Å²) in [4.78, 5) is 4.90. The van der Waals surface area contributed by atoms with Crippen LogP contribution >= 0.6 is 18.9 Å². The quantitative estimate of drug-likeness (QED) is 0.0854. The van der Waals surface area contributed by atoms with Gasteiger partial charge in [0.2, 0.25) is 0 Å². The van der Waals surface area contributed by atoms with Gasteiger partial charge in [-0.05, 0) is 69.9 Å². The number of rotatable bonds is 16. The van der Waals surface area contributed by atoms with E-state index in [1.165, 1.54) is 12.1 Å². The Morgan fingerprint density at radius 3 is 2.39 bits per heavy atom. The van der Waals surface area contributed by atoms with Gasteiger partial charge in [0, 0.05) is 18.2 Å². The van der Waals surface area contributed by atoms with E-state index in [9.17, 15) is 13.0 Å². The van der Waals surface area contributed by atoms with Crippen molar-refractivity contribution in [3.05, 3.63) is 77.9 Å². The van der Waals surface area contributed by atoms with Crippen LogP contribution < -0.4 is 4.74 Å². The smallest absolute Gasteiger partial charge is 0.335 e. The number of nitrogens with zero attached hydrogens (tertiary/aromatic N) is 1. The maximum absolute atomic E-state index is 12.9. The largest absolute Gasteiger partial charge is 0.491 e. The fourth-order valence-corrected chi connectivity index (χ4v) is 8.50. The molecule has 1 saturated heterocycles. The normalized spacial score (nSPS) is 16.5. The Balaban J connectivity index is 1.25. The van der Waals surface area contributed by atoms with E-state index in [2.05, 4.69) is 0 Å². The van der Waals surface area contributed by atoms with Crippen LogP contribution in [-0.4, -0.2) is 58.8 Å². The van der Waals surface area contributed by atoms with E-state index in [-0.39, 0.29) is 24.3 Å². The molecule has 2 atom stereocenters.